The van der Waals surface area contributed by atoms with E-state index in [0.29, 0.717) is 5.02 Å². The molecular formula is C11H11ClO3. The van der Waals surface area contributed by atoms with Crippen LogP contribution in [0.4, 0.5) is 0 Å². The van der Waals surface area contributed by atoms with Crippen molar-refractivity contribution in [1.29, 1.82) is 0 Å². The Morgan fingerprint density at radius 3 is 2.67 bits per heavy atom. The Kier molecular flexibility index (Phi) is 3.86. The summed E-state index contributed by atoms with van der Waals surface area (Å²) in [7, 11) is 0. The van der Waals surface area contributed by atoms with Crippen LogP contribution in [0.15, 0.2) is 18.2 Å². The average molecular weight is 227 g/mol. The van der Waals surface area contributed by atoms with Gasteiger partial charge in [0.2, 0.25) is 0 Å². The molecule has 1 aromatic carbocycles. The number of esters is 1. The number of ketones is 1. The summed E-state index contributed by atoms with van der Waals surface area (Å²) in [4.78, 5) is 22.7. The largest absolute Gasteiger partial charge is 0.460 e. The van der Waals surface area contributed by atoms with Gasteiger partial charge in [0.1, 0.15) is 0 Å². The number of ether oxygens (including phenoxy) is 1. The van der Waals surface area contributed by atoms with E-state index in [-0.39, 0.29) is 12.2 Å². The highest BCUT2D eigenvalue weighted by Crippen LogP contribution is 2.20. The summed E-state index contributed by atoms with van der Waals surface area (Å²) < 4.78 is 4.61. The van der Waals surface area contributed by atoms with Crippen LogP contribution in [-0.2, 0) is 9.53 Å². The molecule has 80 valence electrons. The molecule has 4 heteroatoms. The lowest BCUT2D eigenvalue weighted by molar-refractivity contribution is -0.137. The number of hydrogen-bond donors (Lipinski definition) is 0. The first-order valence-corrected chi connectivity index (χ1v) is 4.92. The van der Waals surface area contributed by atoms with Crippen LogP contribution in [0.5, 0.6) is 0 Å². The lowest BCUT2D eigenvalue weighted by Crippen LogP contribution is -2.18. The summed E-state index contributed by atoms with van der Waals surface area (Å²) in [6, 6.07) is 4.95. The minimum atomic E-state index is -0.870. The summed E-state index contributed by atoms with van der Waals surface area (Å²) in [5, 5.41) is 0.301. The van der Waals surface area contributed by atoms with Gasteiger partial charge in [0, 0.05) is 5.56 Å². The molecule has 0 heterocycles. The molecule has 0 radical (unpaired) electrons. The van der Waals surface area contributed by atoms with E-state index < -0.39 is 11.8 Å². The predicted octanol–water partition coefficient (Wildman–Crippen LogP) is 2.39. The van der Waals surface area contributed by atoms with Crippen LogP contribution in [0.25, 0.3) is 0 Å². The fraction of sp³-hybridized carbons (Fsp3) is 0.273. The van der Waals surface area contributed by atoms with Gasteiger partial charge in [0.05, 0.1) is 11.6 Å². The van der Waals surface area contributed by atoms with Gasteiger partial charge in [-0.15, -0.1) is 0 Å². The third-order valence-electron chi connectivity index (χ3n) is 1.90. The highest BCUT2D eigenvalue weighted by Gasteiger charge is 2.20. The first kappa shape index (κ1) is 11.7. The number of aryl methyl sites for hydroxylation is 1. The molecule has 0 spiro atoms. The third kappa shape index (κ3) is 2.57. The van der Waals surface area contributed by atoms with Crippen LogP contribution < -0.4 is 0 Å². The van der Waals surface area contributed by atoms with Crippen LogP contribution in [0.3, 0.4) is 0 Å². The van der Waals surface area contributed by atoms with Crippen molar-refractivity contribution in [3.8, 4) is 0 Å². The first-order chi connectivity index (χ1) is 7.07. The second-order valence-corrected chi connectivity index (χ2v) is 3.36. The maximum Gasteiger partial charge on any atom is 0.379 e. The number of carbonyl (C=O) groups excluding carboxylic acids is 2. The van der Waals surface area contributed by atoms with Gasteiger partial charge in [-0.3, -0.25) is 4.79 Å². The molecule has 0 aromatic heterocycles. The van der Waals surface area contributed by atoms with E-state index in [2.05, 4.69) is 4.74 Å². The Morgan fingerprint density at radius 2 is 2.07 bits per heavy atom. The molecule has 3 nitrogen and oxygen atoms in total. The maximum atomic E-state index is 11.5. The Hall–Kier alpha value is -1.35. The molecule has 1 rings (SSSR count). The quantitative estimate of drug-likeness (QED) is 0.452. The number of halogens is 1. The zero-order valence-electron chi connectivity index (χ0n) is 8.54. The van der Waals surface area contributed by atoms with E-state index in [1.165, 1.54) is 6.07 Å². The topological polar surface area (TPSA) is 43.4 Å². The molecule has 15 heavy (non-hydrogen) atoms. The molecule has 0 saturated heterocycles. The number of rotatable bonds is 3. The first-order valence-electron chi connectivity index (χ1n) is 4.54. The summed E-state index contributed by atoms with van der Waals surface area (Å²) in [5.74, 6) is -1.57. The second-order valence-electron chi connectivity index (χ2n) is 2.99. The second kappa shape index (κ2) is 4.94. The Labute approximate surface area is 93.0 Å². The van der Waals surface area contributed by atoms with Crippen molar-refractivity contribution in [2.45, 2.75) is 13.8 Å². The molecule has 0 aliphatic carbocycles. The van der Waals surface area contributed by atoms with Gasteiger partial charge in [-0.2, -0.15) is 0 Å². The van der Waals surface area contributed by atoms with Crippen molar-refractivity contribution in [2.24, 2.45) is 0 Å². The van der Waals surface area contributed by atoms with E-state index in [1.807, 2.05) is 0 Å². The van der Waals surface area contributed by atoms with Gasteiger partial charge in [0.15, 0.2) is 0 Å². The van der Waals surface area contributed by atoms with Gasteiger partial charge in [-0.05, 0) is 25.5 Å². The van der Waals surface area contributed by atoms with E-state index in [1.54, 1.807) is 26.0 Å². The number of Topliss-reactive ketones (excluding diaryl/α,β-unsaturated/α-hetero) is 1. The van der Waals surface area contributed by atoms with E-state index in [9.17, 15) is 9.59 Å². The van der Waals surface area contributed by atoms with Crippen LogP contribution in [-0.4, -0.2) is 18.4 Å². The number of hydrogen-bond acceptors (Lipinski definition) is 3. The standard InChI is InChI=1S/C11H11ClO3/c1-3-15-11(14)10(13)8-6-4-5-7(2)9(8)12/h4-6H,3H2,1-2H3. The van der Waals surface area contributed by atoms with Gasteiger partial charge in [-0.1, -0.05) is 23.7 Å². The minimum absolute atomic E-state index is 0.175. The summed E-state index contributed by atoms with van der Waals surface area (Å²) in [5.41, 5.74) is 0.946. The summed E-state index contributed by atoms with van der Waals surface area (Å²) >= 11 is 5.90. The molecule has 1 aromatic rings. The number of carbonyl (C=O) groups is 2. The summed E-state index contributed by atoms with van der Waals surface area (Å²) in [6.45, 7) is 3.58. The molecule has 0 unspecified atom stereocenters. The van der Waals surface area contributed by atoms with Crippen LogP contribution in [0, 0.1) is 6.92 Å². The summed E-state index contributed by atoms with van der Waals surface area (Å²) in [6.07, 6.45) is 0. The molecule has 0 amide bonds. The normalized spacial score (nSPS) is 9.80. The van der Waals surface area contributed by atoms with E-state index in [4.69, 9.17) is 11.6 Å². The van der Waals surface area contributed by atoms with Crippen molar-refractivity contribution in [2.75, 3.05) is 6.61 Å². The minimum Gasteiger partial charge on any atom is -0.460 e. The highest BCUT2D eigenvalue weighted by molar-refractivity contribution is 6.45. The van der Waals surface area contributed by atoms with Crippen molar-refractivity contribution >= 4 is 23.4 Å². The van der Waals surface area contributed by atoms with Crippen molar-refractivity contribution in [3.05, 3.63) is 34.3 Å². The average Bonchev–Trinajstić information content (AvgIpc) is 2.21. The monoisotopic (exact) mass is 226 g/mol. The molecule has 0 atom stereocenters. The molecule has 0 aliphatic rings. The predicted molar refractivity (Wildman–Crippen MR) is 57.2 cm³/mol. The van der Waals surface area contributed by atoms with Crippen LogP contribution >= 0.6 is 11.6 Å². The Morgan fingerprint density at radius 1 is 1.40 bits per heavy atom. The Balaban J connectivity index is 3.01. The smallest absolute Gasteiger partial charge is 0.379 e. The molecule has 0 N–H and O–H groups in total. The SMILES string of the molecule is CCOC(=O)C(=O)c1cccc(C)c1Cl. The molecule has 0 bridgehead atoms. The van der Waals surface area contributed by atoms with Crippen molar-refractivity contribution in [1.82, 2.24) is 0 Å². The fourth-order valence-electron chi connectivity index (χ4n) is 1.13. The zero-order chi connectivity index (χ0) is 11.4. The van der Waals surface area contributed by atoms with Gasteiger partial charge >= 0.3 is 5.97 Å². The van der Waals surface area contributed by atoms with Crippen LogP contribution in [0.2, 0.25) is 5.02 Å². The Bertz CT molecular complexity index is 399. The number of benzene rings is 1. The highest BCUT2D eigenvalue weighted by atomic mass is 35.5. The van der Waals surface area contributed by atoms with Gasteiger partial charge in [-0.25, -0.2) is 4.79 Å². The zero-order valence-corrected chi connectivity index (χ0v) is 9.30. The molecule has 0 saturated carbocycles. The maximum absolute atomic E-state index is 11.5. The van der Waals surface area contributed by atoms with Crippen LogP contribution in [0.1, 0.15) is 22.8 Å². The molecule has 0 fully saturated rings. The van der Waals surface area contributed by atoms with E-state index >= 15 is 0 Å². The van der Waals surface area contributed by atoms with Gasteiger partial charge < -0.3 is 4.74 Å². The molecule has 0 aliphatic heterocycles. The van der Waals surface area contributed by atoms with E-state index in [0.717, 1.165) is 5.56 Å². The lowest BCUT2D eigenvalue weighted by Gasteiger charge is -2.04. The third-order valence-corrected chi connectivity index (χ3v) is 2.40. The van der Waals surface area contributed by atoms with Crippen molar-refractivity contribution < 1.29 is 14.3 Å². The lowest BCUT2D eigenvalue weighted by atomic mass is 10.1. The molecular weight excluding hydrogens is 216 g/mol. The van der Waals surface area contributed by atoms with Crippen molar-refractivity contribution in [3.63, 3.8) is 0 Å². The van der Waals surface area contributed by atoms with Gasteiger partial charge in [0.25, 0.3) is 5.78 Å². The fourth-order valence-corrected chi connectivity index (χ4v) is 1.34.